The first-order chi connectivity index (χ1) is 6.65. The van der Waals surface area contributed by atoms with E-state index >= 15 is 0 Å². The first-order valence-corrected chi connectivity index (χ1v) is 4.58. The topological polar surface area (TPSA) is 17.1 Å². The summed E-state index contributed by atoms with van der Waals surface area (Å²) in [6.07, 6.45) is 1.76. The second kappa shape index (κ2) is 4.91. The van der Waals surface area contributed by atoms with Crippen molar-refractivity contribution in [2.75, 3.05) is 0 Å². The fourth-order valence-electron chi connectivity index (χ4n) is 1.13. The number of carbonyl (C=O) groups excluding carboxylic acids is 1. The van der Waals surface area contributed by atoms with Gasteiger partial charge in [-0.15, -0.1) is 6.58 Å². The van der Waals surface area contributed by atoms with Gasteiger partial charge in [-0.2, -0.15) is 0 Å². The number of hydrogen-bond acceptors (Lipinski definition) is 1. The quantitative estimate of drug-likeness (QED) is 0.701. The number of ketones is 1. The minimum atomic E-state index is -0.435. The van der Waals surface area contributed by atoms with Crippen molar-refractivity contribution < 1.29 is 9.18 Å². The number of hydrogen-bond donors (Lipinski definition) is 0. The van der Waals surface area contributed by atoms with E-state index in [1.807, 2.05) is 0 Å². The standard InChI is InChI=1S/C11H10ClFO/c1-2-4-8(14)7-9-10(12)5-3-6-11(9)13/h2-3,5-6H,1,4,7H2. The monoisotopic (exact) mass is 212 g/mol. The van der Waals surface area contributed by atoms with Crippen molar-refractivity contribution in [1.29, 1.82) is 0 Å². The van der Waals surface area contributed by atoms with Gasteiger partial charge in [0.1, 0.15) is 11.6 Å². The molecule has 0 heterocycles. The van der Waals surface area contributed by atoms with Crippen LogP contribution in [0.2, 0.25) is 5.02 Å². The Morgan fingerprint density at radius 2 is 2.29 bits per heavy atom. The van der Waals surface area contributed by atoms with Gasteiger partial charge in [-0.3, -0.25) is 4.79 Å². The molecule has 0 N–H and O–H groups in total. The minimum absolute atomic E-state index is 0.0253. The highest BCUT2D eigenvalue weighted by Crippen LogP contribution is 2.19. The van der Waals surface area contributed by atoms with Crippen molar-refractivity contribution in [3.63, 3.8) is 0 Å². The number of carbonyl (C=O) groups is 1. The molecule has 0 bridgehead atoms. The number of Topliss-reactive ketones (excluding diaryl/α,β-unsaturated/α-hetero) is 1. The average Bonchev–Trinajstić information content (AvgIpc) is 2.12. The van der Waals surface area contributed by atoms with Gasteiger partial charge in [0.2, 0.25) is 0 Å². The zero-order valence-electron chi connectivity index (χ0n) is 7.59. The zero-order valence-corrected chi connectivity index (χ0v) is 8.35. The molecule has 0 amide bonds. The third-order valence-electron chi connectivity index (χ3n) is 1.81. The molecule has 74 valence electrons. The molecule has 0 aliphatic heterocycles. The molecule has 0 aliphatic rings. The van der Waals surface area contributed by atoms with Crippen molar-refractivity contribution in [2.24, 2.45) is 0 Å². The van der Waals surface area contributed by atoms with Gasteiger partial charge in [0, 0.05) is 23.4 Å². The Morgan fingerprint density at radius 1 is 1.57 bits per heavy atom. The van der Waals surface area contributed by atoms with E-state index in [0.29, 0.717) is 5.02 Å². The molecule has 1 aromatic carbocycles. The number of allylic oxidation sites excluding steroid dienone is 1. The maximum absolute atomic E-state index is 13.2. The highest BCUT2D eigenvalue weighted by molar-refractivity contribution is 6.31. The molecule has 0 spiro atoms. The van der Waals surface area contributed by atoms with E-state index in [-0.39, 0.29) is 24.2 Å². The Hall–Kier alpha value is -1.15. The van der Waals surface area contributed by atoms with Crippen LogP contribution in [0.15, 0.2) is 30.9 Å². The summed E-state index contributed by atoms with van der Waals surface area (Å²) in [6, 6.07) is 4.38. The van der Waals surface area contributed by atoms with Crippen molar-refractivity contribution in [3.8, 4) is 0 Å². The minimum Gasteiger partial charge on any atom is -0.299 e. The Bertz CT molecular complexity index is 340. The SMILES string of the molecule is C=CCC(=O)Cc1c(F)cccc1Cl. The zero-order chi connectivity index (χ0) is 10.6. The van der Waals surface area contributed by atoms with Crippen LogP contribution >= 0.6 is 11.6 Å². The molecule has 1 aromatic rings. The molecule has 0 atom stereocenters. The van der Waals surface area contributed by atoms with Crippen LogP contribution in [0.3, 0.4) is 0 Å². The molecule has 0 unspecified atom stereocenters. The molecular weight excluding hydrogens is 203 g/mol. The van der Waals surface area contributed by atoms with Gasteiger partial charge < -0.3 is 0 Å². The third kappa shape index (κ3) is 2.67. The average molecular weight is 213 g/mol. The highest BCUT2D eigenvalue weighted by Gasteiger charge is 2.10. The van der Waals surface area contributed by atoms with E-state index < -0.39 is 5.82 Å². The van der Waals surface area contributed by atoms with Crippen LogP contribution in [0.4, 0.5) is 4.39 Å². The summed E-state index contributed by atoms with van der Waals surface area (Å²) in [6.45, 7) is 3.44. The molecule has 0 saturated carbocycles. The number of rotatable bonds is 4. The summed E-state index contributed by atoms with van der Waals surface area (Å²) in [5.41, 5.74) is 0.265. The largest absolute Gasteiger partial charge is 0.299 e. The number of benzene rings is 1. The van der Waals surface area contributed by atoms with Crippen molar-refractivity contribution in [3.05, 3.63) is 47.3 Å². The molecule has 0 aromatic heterocycles. The van der Waals surface area contributed by atoms with Crippen molar-refractivity contribution in [1.82, 2.24) is 0 Å². The smallest absolute Gasteiger partial charge is 0.141 e. The van der Waals surface area contributed by atoms with E-state index in [4.69, 9.17) is 11.6 Å². The predicted molar refractivity (Wildman–Crippen MR) is 54.9 cm³/mol. The lowest BCUT2D eigenvalue weighted by Crippen LogP contribution is -2.03. The first-order valence-electron chi connectivity index (χ1n) is 4.20. The molecule has 14 heavy (non-hydrogen) atoms. The molecule has 3 heteroatoms. The van der Waals surface area contributed by atoms with Crippen LogP contribution < -0.4 is 0 Å². The van der Waals surface area contributed by atoms with Crippen LogP contribution in [0.25, 0.3) is 0 Å². The van der Waals surface area contributed by atoms with E-state index in [1.54, 1.807) is 6.07 Å². The normalized spacial score (nSPS) is 9.86. The molecule has 1 nitrogen and oxygen atoms in total. The van der Waals surface area contributed by atoms with E-state index in [1.165, 1.54) is 18.2 Å². The van der Waals surface area contributed by atoms with Gasteiger partial charge in [0.15, 0.2) is 0 Å². The predicted octanol–water partition coefficient (Wildman–Crippen LogP) is 3.17. The van der Waals surface area contributed by atoms with Gasteiger partial charge in [-0.05, 0) is 12.1 Å². The van der Waals surface area contributed by atoms with Gasteiger partial charge >= 0.3 is 0 Å². The Morgan fingerprint density at radius 3 is 2.86 bits per heavy atom. The summed E-state index contributed by atoms with van der Waals surface area (Å²) in [5.74, 6) is -0.526. The lowest BCUT2D eigenvalue weighted by Gasteiger charge is -2.03. The summed E-state index contributed by atoms with van der Waals surface area (Å²) < 4.78 is 13.2. The summed E-state index contributed by atoms with van der Waals surface area (Å²) in [5, 5.41) is 0.294. The second-order valence-corrected chi connectivity index (χ2v) is 3.32. The Labute approximate surface area is 87.2 Å². The van der Waals surface area contributed by atoms with Gasteiger partial charge in [0.25, 0.3) is 0 Å². The first kappa shape index (κ1) is 10.9. The summed E-state index contributed by atoms with van der Waals surface area (Å²) in [7, 11) is 0. The molecule has 0 fully saturated rings. The second-order valence-electron chi connectivity index (χ2n) is 2.91. The van der Waals surface area contributed by atoms with Gasteiger partial charge in [-0.1, -0.05) is 23.7 Å². The molecule has 1 rings (SSSR count). The van der Waals surface area contributed by atoms with Gasteiger partial charge in [0.05, 0.1) is 0 Å². The molecular formula is C11H10ClFO. The van der Waals surface area contributed by atoms with E-state index in [2.05, 4.69) is 6.58 Å². The van der Waals surface area contributed by atoms with Gasteiger partial charge in [-0.25, -0.2) is 4.39 Å². The molecule has 0 saturated heterocycles. The molecule has 0 aliphatic carbocycles. The lowest BCUT2D eigenvalue weighted by molar-refractivity contribution is -0.117. The molecule has 0 radical (unpaired) electrons. The van der Waals surface area contributed by atoms with Crippen molar-refractivity contribution in [2.45, 2.75) is 12.8 Å². The fourth-order valence-corrected chi connectivity index (χ4v) is 1.36. The Kier molecular flexibility index (Phi) is 3.84. The fraction of sp³-hybridized carbons (Fsp3) is 0.182. The van der Waals surface area contributed by atoms with Crippen LogP contribution in [-0.2, 0) is 11.2 Å². The Balaban J connectivity index is 2.85. The highest BCUT2D eigenvalue weighted by atomic mass is 35.5. The summed E-state index contributed by atoms with van der Waals surface area (Å²) >= 11 is 5.76. The van der Waals surface area contributed by atoms with Crippen molar-refractivity contribution >= 4 is 17.4 Å². The summed E-state index contributed by atoms with van der Waals surface area (Å²) in [4.78, 5) is 11.2. The number of halogens is 2. The third-order valence-corrected chi connectivity index (χ3v) is 2.16. The van der Waals surface area contributed by atoms with E-state index in [0.717, 1.165) is 0 Å². The maximum atomic E-state index is 13.2. The van der Waals surface area contributed by atoms with E-state index in [9.17, 15) is 9.18 Å². The van der Waals surface area contributed by atoms with Crippen LogP contribution in [0.5, 0.6) is 0 Å². The van der Waals surface area contributed by atoms with Crippen LogP contribution in [0, 0.1) is 5.82 Å². The van der Waals surface area contributed by atoms with Crippen LogP contribution in [0.1, 0.15) is 12.0 Å². The maximum Gasteiger partial charge on any atom is 0.141 e. The van der Waals surface area contributed by atoms with Crippen LogP contribution in [-0.4, -0.2) is 5.78 Å². The lowest BCUT2D eigenvalue weighted by atomic mass is 10.1.